The summed E-state index contributed by atoms with van der Waals surface area (Å²) >= 11 is 2.84. The van der Waals surface area contributed by atoms with Crippen molar-refractivity contribution in [3.05, 3.63) is 26.6 Å². The summed E-state index contributed by atoms with van der Waals surface area (Å²) in [7, 11) is 0. The minimum atomic E-state index is -2.74. The number of nitrogen functional groups attached to an aromatic ring is 1. The lowest BCUT2D eigenvalue weighted by Crippen LogP contribution is -2.10. The van der Waals surface area contributed by atoms with Crippen LogP contribution in [0.5, 0.6) is 0 Å². The van der Waals surface area contributed by atoms with E-state index in [1.165, 1.54) is 0 Å². The second kappa shape index (κ2) is 3.22. The molecule has 12 heavy (non-hydrogen) atoms. The Morgan fingerprint density at radius 3 is 2.67 bits per heavy atom. The standard InChI is InChI=1S/C6H5BrF2N2O/c7-4-2(10)1-3(12)11-5(4)6(8)9/h1,6H,(H3,10,11,12). The minimum absolute atomic E-state index is 0.00838. The molecular weight excluding hydrogens is 234 g/mol. The molecule has 0 aromatic carbocycles. The van der Waals surface area contributed by atoms with Gasteiger partial charge in [-0.25, -0.2) is 8.78 Å². The monoisotopic (exact) mass is 238 g/mol. The van der Waals surface area contributed by atoms with E-state index in [1.54, 1.807) is 0 Å². The van der Waals surface area contributed by atoms with Gasteiger partial charge in [-0.15, -0.1) is 0 Å². The summed E-state index contributed by atoms with van der Waals surface area (Å²) in [6.45, 7) is 0. The van der Waals surface area contributed by atoms with E-state index in [0.29, 0.717) is 0 Å². The topological polar surface area (TPSA) is 58.9 Å². The number of aromatic amines is 1. The molecule has 0 saturated heterocycles. The number of rotatable bonds is 1. The van der Waals surface area contributed by atoms with Crippen LogP contribution in [0.2, 0.25) is 0 Å². The number of halogens is 3. The van der Waals surface area contributed by atoms with Crippen LogP contribution in [-0.2, 0) is 0 Å². The molecule has 3 N–H and O–H groups in total. The Hall–Kier alpha value is -0.910. The van der Waals surface area contributed by atoms with Gasteiger partial charge in [0.2, 0.25) is 5.56 Å². The van der Waals surface area contributed by atoms with Crippen LogP contribution in [0.15, 0.2) is 15.3 Å². The number of pyridine rings is 1. The summed E-state index contributed by atoms with van der Waals surface area (Å²) in [5.74, 6) is 0. The molecule has 0 unspecified atom stereocenters. The molecule has 1 aromatic heterocycles. The van der Waals surface area contributed by atoms with Crippen LogP contribution >= 0.6 is 15.9 Å². The maximum Gasteiger partial charge on any atom is 0.279 e. The van der Waals surface area contributed by atoms with E-state index in [1.807, 2.05) is 4.98 Å². The molecule has 0 radical (unpaired) electrons. The maximum absolute atomic E-state index is 12.1. The van der Waals surface area contributed by atoms with Crippen LogP contribution in [0.4, 0.5) is 14.5 Å². The molecule has 1 heterocycles. The third-order valence-corrected chi connectivity index (χ3v) is 2.14. The first kappa shape index (κ1) is 9.18. The Morgan fingerprint density at radius 2 is 2.17 bits per heavy atom. The highest BCUT2D eigenvalue weighted by Crippen LogP contribution is 2.27. The SMILES string of the molecule is Nc1cc(=O)[nH]c(C(F)F)c1Br. The average Bonchev–Trinajstić information content (AvgIpc) is 1.96. The largest absolute Gasteiger partial charge is 0.398 e. The van der Waals surface area contributed by atoms with Gasteiger partial charge in [-0.05, 0) is 15.9 Å². The molecule has 6 heteroatoms. The molecule has 0 bridgehead atoms. The van der Waals surface area contributed by atoms with E-state index in [0.717, 1.165) is 6.07 Å². The van der Waals surface area contributed by atoms with Crippen molar-refractivity contribution >= 4 is 21.6 Å². The van der Waals surface area contributed by atoms with E-state index in [4.69, 9.17) is 5.73 Å². The van der Waals surface area contributed by atoms with Crippen LogP contribution in [0.25, 0.3) is 0 Å². The number of hydrogen-bond donors (Lipinski definition) is 2. The molecule has 3 nitrogen and oxygen atoms in total. The van der Waals surface area contributed by atoms with Crippen molar-refractivity contribution in [2.24, 2.45) is 0 Å². The van der Waals surface area contributed by atoms with Gasteiger partial charge in [-0.2, -0.15) is 0 Å². The highest BCUT2D eigenvalue weighted by molar-refractivity contribution is 9.10. The minimum Gasteiger partial charge on any atom is -0.398 e. The second-order valence-electron chi connectivity index (χ2n) is 2.12. The molecule has 0 spiro atoms. The third-order valence-electron chi connectivity index (χ3n) is 1.25. The van der Waals surface area contributed by atoms with Crippen LogP contribution in [-0.4, -0.2) is 4.98 Å². The molecule has 0 amide bonds. The van der Waals surface area contributed by atoms with E-state index < -0.39 is 17.7 Å². The fourth-order valence-electron chi connectivity index (χ4n) is 0.734. The van der Waals surface area contributed by atoms with Gasteiger partial charge in [0.15, 0.2) is 0 Å². The van der Waals surface area contributed by atoms with Gasteiger partial charge in [-0.1, -0.05) is 0 Å². The van der Waals surface area contributed by atoms with Gasteiger partial charge in [0.1, 0.15) is 5.69 Å². The van der Waals surface area contributed by atoms with Crippen molar-refractivity contribution < 1.29 is 8.78 Å². The number of alkyl halides is 2. The zero-order valence-electron chi connectivity index (χ0n) is 5.77. The lowest BCUT2D eigenvalue weighted by Gasteiger charge is -2.04. The summed E-state index contributed by atoms with van der Waals surface area (Å²) < 4.78 is 24.3. The molecule has 0 aliphatic rings. The highest BCUT2D eigenvalue weighted by Gasteiger charge is 2.14. The van der Waals surface area contributed by atoms with Gasteiger partial charge < -0.3 is 10.7 Å². The lowest BCUT2D eigenvalue weighted by atomic mass is 10.3. The summed E-state index contributed by atoms with van der Waals surface area (Å²) in [5, 5.41) is 0. The van der Waals surface area contributed by atoms with Crippen molar-refractivity contribution in [1.82, 2.24) is 4.98 Å². The number of nitrogens with two attached hydrogens (primary N) is 1. The van der Waals surface area contributed by atoms with Crippen molar-refractivity contribution in [1.29, 1.82) is 0 Å². The lowest BCUT2D eigenvalue weighted by molar-refractivity contribution is 0.145. The maximum atomic E-state index is 12.1. The molecule has 0 aliphatic heterocycles. The zero-order chi connectivity index (χ0) is 9.30. The van der Waals surface area contributed by atoms with E-state index in [-0.39, 0.29) is 10.2 Å². The molecule has 0 aliphatic carbocycles. The first-order chi connectivity index (χ1) is 5.52. The quantitative estimate of drug-likeness (QED) is 0.782. The Morgan fingerprint density at radius 1 is 1.58 bits per heavy atom. The molecular formula is C6H5BrF2N2O. The Labute approximate surface area is 74.7 Å². The fraction of sp³-hybridized carbons (Fsp3) is 0.167. The Bertz CT molecular complexity index is 350. The van der Waals surface area contributed by atoms with Crippen molar-refractivity contribution in [2.45, 2.75) is 6.43 Å². The zero-order valence-corrected chi connectivity index (χ0v) is 7.36. The van der Waals surface area contributed by atoms with Crippen LogP contribution in [0, 0.1) is 0 Å². The van der Waals surface area contributed by atoms with Crippen molar-refractivity contribution in [3.63, 3.8) is 0 Å². The first-order valence-electron chi connectivity index (χ1n) is 2.98. The van der Waals surface area contributed by atoms with Gasteiger partial charge >= 0.3 is 0 Å². The Balaban J connectivity index is 3.38. The second-order valence-corrected chi connectivity index (χ2v) is 2.91. The summed E-state index contributed by atoms with van der Waals surface area (Å²) in [4.78, 5) is 12.7. The predicted octanol–water partition coefficient (Wildman–Crippen LogP) is 1.66. The number of anilines is 1. The van der Waals surface area contributed by atoms with Crippen molar-refractivity contribution in [2.75, 3.05) is 5.73 Å². The van der Waals surface area contributed by atoms with Crippen LogP contribution < -0.4 is 11.3 Å². The molecule has 0 atom stereocenters. The number of nitrogens with one attached hydrogen (secondary N) is 1. The summed E-state index contributed by atoms with van der Waals surface area (Å²) in [6.07, 6.45) is -2.74. The molecule has 1 aromatic rings. The van der Waals surface area contributed by atoms with Crippen LogP contribution in [0.3, 0.4) is 0 Å². The van der Waals surface area contributed by atoms with Gasteiger partial charge in [0.05, 0.1) is 10.2 Å². The third kappa shape index (κ3) is 1.63. The Kier molecular flexibility index (Phi) is 2.46. The number of H-pyrrole nitrogens is 1. The predicted molar refractivity (Wildman–Crippen MR) is 44.1 cm³/mol. The number of aromatic nitrogens is 1. The fourth-order valence-corrected chi connectivity index (χ4v) is 1.12. The summed E-state index contributed by atoms with van der Waals surface area (Å²) in [5.41, 5.74) is 4.15. The summed E-state index contributed by atoms with van der Waals surface area (Å²) in [6, 6.07) is 1.04. The highest BCUT2D eigenvalue weighted by atomic mass is 79.9. The molecule has 0 saturated carbocycles. The smallest absolute Gasteiger partial charge is 0.279 e. The molecule has 0 fully saturated rings. The van der Waals surface area contributed by atoms with Gasteiger partial charge in [0, 0.05) is 6.07 Å². The molecule has 1 rings (SSSR count). The van der Waals surface area contributed by atoms with Gasteiger partial charge in [0.25, 0.3) is 6.43 Å². The van der Waals surface area contributed by atoms with Crippen LogP contribution in [0.1, 0.15) is 12.1 Å². The first-order valence-corrected chi connectivity index (χ1v) is 3.78. The number of hydrogen-bond acceptors (Lipinski definition) is 2. The van der Waals surface area contributed by atoms with E-state index in [2.05, 4.69) is 15.9 Å². The molecule has 66 valence electrons. The normalized spacial score (nSPS) is 10.7. The van der Waals surface area contributed by atoms with Gasteiger partial charge in [-0.3, -0.25) is 4.79 Å². The van der Waals surface area contributed by atoms with E-state index >= 15 is 0 Å². The average molecular weight is 239 g/mol. The van der Waals surface area contributed by atoms with Crippen molar-refractivity contribution in [3.8, 4) is 0 Å². The van der Waals surface area contributed by atoms with E-state index in [9.17, 15) is 13.6 Å².